The van der Waals surface area contributed by atoms with Crippen molar-refractivity contribution >= 4 is 0 Å². The maximum Gasteiger partial charge on any atom is 0.0625 e. The van der Waals surface area contributed by atoms with Gasteiger partial charge < -0.3 is 5.73 Å². The van der Waals surface area contributed by atoms with Gasteiger partial charge in [0.15, 0.2) is 0 Å². The molecular weight excluding hydrogens is 212 g/mol. The molecule has 2 rings (SSSR count). The Balaban J connectivity index is 2.00. The van der Waals surface area contributed by atoms with Crippen LogP contribution in [0.1, 0.15) is 31.7 Å². The number of nitrogens with two attached hydrogens (primary N) is 1. The van der Waals surface area contributed by atoms with E-state index in [4.69, 9.17) is 5.73 Å². The first-order chi connectivity index (χ1) is 8.06. The fourth-order valence-corrected chi connectivity index (χ4v) is 2.55. The van der Waals surface area contributed by atoms with E-state index < -0.39 is 0 Å². The molecule has 0 aromatic carbocycles. The highest BCUT2D eigenvalue weighted by Crippen LogP contribution is 2.29. The van der Waals surface area contributed by atoms with Gasteiger partial charge in [0.2, 0.25) is 0 Å². The second-order valence-electron chi connectivity index (χ2n) is 5.58. The zero-order valence-electron chi connectivity index (χ0n) is 11.2. The summed E-state index contributed by atoms with van der Waals surface area (Å²) in [5.41, 5.74) is 8.64. The van der Waals surface area contributed by atoms with Crippen molar-refractivity contribution in [3.8, 4) is 0 Å². The molecule has 0 amide bonds. The van der Waals surface area contributed by atoms with Gasteiger partial charge in [-0.15, -0.1) is 0 Å². The van der Waals surface area contributed by atoms with Crippen LogP contribution < -0.4 is 5.73 Å². The van der Waals surface area contributed by atoms with E-state index in [2.05, 4.69) is 29.9 Å². The molecule has 1 atom stereocenters. The highest BCUT2D eigenvalue weighted by Gasteiger charge is 2.32. The van der Waals surface area contributed by atoms with Crippen molar-refractivity contribution in [3.63, 3.8) is 0 Å². The zero-order chi connectivity index (χ0) is 12.5. The summed E-state index contributed by atoms with van der Waals surface area (Å²) < 4.78 is 2.01. The molecule has 1 unspecified atom stereocenters. The fourth-order valence-electron chi connectivity index (χ4n) is 2.55. The molecule has 17 heavy (non-hydrogen) atoms. The molecular formula is C13H24N4. The zero-order valence-corrected chi connectivity index (χ0v) is 11.2. The number of aryl methyl sites for hydroxylation is 2. The summed E-state index contributed by atoms with van der Waals surface area (Å²) in [6, 6.07) is 2.22. The first-order valence-corrected chi connectivity index (χ1v) is 6.50. The minimum Gasteiger partial charge on any atom is -0.330 e. The van der Waals surface area contributed by atoms with E-state index in [0.717, 1.165) is 32.6 Å². The monoisotopic (exact) mass is 236 g/mol. The van der Waals surface area contributed by atoms with Crippen LogP contribution in [-0.4, -0.2) is 34.3 Å². The number of aromatic nitrogens is 2. The van der Waals surface area contributed by atoms with E-state index >= 15 is 0 Å². The Bertz CT molecular complexity index is 385. The van der Waals surface area contributed by atoms with Crippen LogP contribution in [0.4, 0.5) is 0 Å². The van der Waals surface area contributed by atoms with Gasteiger partial charge in [-0.3, -0.25) is 9.58 Å². The van der Waals surface area contributed by atoms with Crippen molar-refractivity contribution < 1.29 is 0 Å². The van der Waals surface area contributed by atoms with E-state index in [0.29, 0.717) is 5.41 Å². The first-order valence-electron chi connectivity index (χ1n) is 6.50. The van der Waals surface area contributed by atoms with Crippen molar-refractivity contribution in [2.45, 2.75) is 33.2 Å². The van der Waals surface area contributed by atoms with Crippen LogP contribution in [0.15, 0.2) is 6.07 Å². The molecule has 1 aromatic heterocycles. The highest BCUT2D eigenvalue weighted by molar-refractivity contribution is 5.10. The van der Waals surface area contributed by atoms with Gasteiger partial charge in [-0.05, 0) is 37.4 Å². The number of hydrogen-bond acceptors (Lipinski definition) is 3. The minimum atomic E-state index is 0.312. The molecule has 1 fully saturated rings. The summed E-state index contributed by atoms with van der Waals surface area (Å²) in [5.74, 6) is 0. The van der Waals surface area contributed by atoms with Crippen molar-refractivity contribution in [2.75, 3.05) is 19.6 Å². The van der Waals surface area contributed by atoms with Gasteiger partial charge in [-0.1, -0.05) is 13.8 Å². The number of hydrogen-bond donors (Lipinski definition) is 1. The van der Waals surface area contributed by atoms with Crippen LogP contribution in [0, 0.1) is 5.41 Å². The van der Waals surface area contributed by atoms with Gasteiger partial charge in [-0.2, -0.15) is 5.10 Å². The van der Waals surface area contributed by atoms with Crippen LogP contribution in [0.25, 0.3) is 0 Å². The van der Waals surface area contributed by atoms with Crippen LogP contribution in [0.3, 0.4) is 0 Å². The Labute approximate surface area is 104 Å². The van der Waals surface area contributed by atoms with Gasteiger partial charge in [0, 0.05) is 20.1 Å². The van der Waals surface area contributed by atoms with E-state index in [9.17, 15) is 0 Å². The molecule has 96 valence electrons. The SMILES string of the molecule is CCc1cc(CN2CCC(C)(CN)C2)n(C)n1. The fraction of sp³-hybridized carbons (Fsp3) is 0.769. The summed E-state index contributed by atoms with van der Waals surface area (Å²) in [4.78, 5) is 2.49. The molecule has 0 saturated carbocycles. The van der Waals surface area contributed by atoms with Crippen LogP contribution in [-0.2, 0) is 20.0 Å². The molecule has 1 aliphatic rings. The highest BCUT2D eigenvalue weighted by atomic mass is 15.3. The smallest absolute Gasteiger partial charge is 0.0625 e. The predicted octanol–water partition coefficient (Wildman–Crippen LogP) is 1.15. The molecule has 0 aliphatic carbocycles. The third-order valence-electron chi connectivity index (χ3n) is 3.90. The predicted molar refractivity (Wildman–Crippen MR) is 69.6 cm³/mol. The maximum atomic E-state index is 5.83. The lowest BCUT2D eigenvalue weighted by Crippen LogP contribution is -2.31. The average molecular weight is 236 g/mol. The standard InChI is InChI=1S/C13H24N4/c1-4-11-7-12(16(3)15-11)8-17-6-5-13(2,9-14)10-17/h7H,4-6,8-10,14H2,1-3H3. The molecule has 0 radical (unpaired) electrons. The summed E-state index contributed by atoms with van der Waals surface area (Å²) >= 11 is 0. The molecule has 4 nitrogen and oxygen atoms in total. The van der Waals surface area contributed by atoms with Gasteiger partial charge >= 0.3 is 0 Å². The summed E-state index contributed by atoms with van der Waals surface area (Å²) in [5, 5.41) is 4.49. The lowest BCUT2D eigenvalue weighted by molar-refractivity contribution is 0.269. The van der Waals surface area contributed by atoms with Crippen molar-refractivity contribution in [1.29, 1.82) is 0 Å². The van der Waals surface area contributed by atoms with E-state index in [-0.39, 0.29) is 0 Å². The number of nitrogens with zero attached hydrogens (tertiary/aromatic N) is 3. The average Bonchev–Trinajstić information content (AvgIpc) is 2.85. The van der Waals surface area contributed by atoms with Gasteiger partial charge in [0.05, 0.1) is 11.4 Å². The molecule has 1 aliphatic heterocycles. The Hall–Kier alpha value is -0.870. The molecule has 1 saturated heterocycles. The Morgan fingerprint density at radius 1 is 1.53 bits per heavy atom. The quantitative estimate of drug-likeness (QED) is 0.853. The van der Waals surface area contributed by atoms with E-state index in [1.807, 2.05) is 11.7 Å². The third-order valence-corrected chi connectivity index (χ3v) is 3.90. The van der Waals surface area contributed by atoms with Crippen LogP contribution in [0.2, 0.25) is 0 Å². The van der Waals surface area contributed by atoms with Gasteiger partial charge in [0.1, 0.15) is 0 Å². The number of likely N-dealkylation sites (tertiary alicyclic amines) is 1. The lowest BCUT2D eigenvalue weighted by Gasteiger charge is -2.22. The van der Waals surface area contributed by atoms with Gasteiger partial charge in [0.25, 0.3) is 0 Å². The Morgan fingerprint density at radius 3 is 2.82 bits per heavy atom. The normalized spacial score (nSPS) is 25.6. The van der Waals surface area contributed by atoms with Crippen molar-refractivity contribution in [1.82, 2.24) is 14.7 Å². The molecule has 1 aromatic rings. The maximum absolute atomic E-state index is 5.83. The summed E-state index contributed by atoms with van der Waals surface area (Å²) in [7, 11) is 2.03. The topological polar surface area (TPSA) is 47.1 Å². The second-order valence-corrected chi connectivity index (χ2v) is 5.58. The Kier molecular flexibility index (Phi) is 3.54. The second kappa shape index (κ2) is 4.78. The van der Waals surface area contributed by atoms with Gasteiger partial charge in [-0.25, -0.2) is 0 Å². The number of rotatable bonds is 4. The van der Waals surface area contributed by atoms with Crippen molar-refractivity contribution in [3.05, 3.63) is 17.5 Å². The first kappa shape index (κ1) is 12.6. The largest absolute Gasteiger partial charge is 0.330 e. The van der Waals surface area contributed by atoms with E-state index in [1.165, 1.54) is 17.8 Å². The van der Waals surface area contributed by atoms with Crippen LogP contribution in [0.5, 0.6) is 0 Å². The summed E-state index contributed by atoms with van der Waals surface area (Å²) in [6.45, 7) is 8.48. The molecule has 2 heterocycles. The lowest BCUT2D eigenvalue weighted by atomic mass is 9.90. The molecule has 0 spiro atoms. The minimum absolute atomic E-state index is 0.312. The molecule has 4 heteroatoms. The molecule has 0 bridgehead atoms. The molecule has 2 N–H and O–H groups in total. The van der Waals surface area contributed by atoms with Crippen molar-refractivity contribution in [2.24, 2.45) is 18.2 Å². The third kappa shape index (κ3) is 2.69. The summed E-state index contributed by atoms with van der Waals surface area (Å²) in [6.07, 6.45) is 2.22. The van der Waals surface area contributed by atoms with Crippen LogP contribution >= 0.6 is 0 Å². The van der Waals surface area contributed by atoms with E-state index in [1.54, 1.807) is 0 Å². The Morgan fingerprint density at radius 2 is 2.29 bits per heavy atom.